The molecular weight excluding hydrogens is 205 g/mol. The van der Waals surface area contributed by atoms with E-state index >= 15 is 0 Å². The number of rotatable bonds is 1. The highest BCUT2D eigenvalue weighted by molar-refractivity contribution is 5.81. The molecular formula is C10H9F3N2. The Kier molecular flexibility index (Phi) is 2.19. The number of hydrogen-bond donors (Lipinski definition) is 2. The summed E-state index contributed by atoms with van der Waals surface area (Å²) in [7, 11) is 0. The Morgan fingerprint density at radius 2 is 1.93 bits per heavy atom. The van der Waals surface area contributed by atoms with Gasteiger partial charge in [0.05, 0.1) is 5.56 Å². The lowest BCUT2D eigenvalue weighted by atomic mass is 10.1. The molecule has 0 fully saturated rings. The number of H-pyrrole nitrogens is 1. The SMILES string of the molecule is NCc1cc2cc(C(F)(F)F)ccc2[nH]1. The average molecular weight is 214 g/mol. The van der Waals surface area contributed by atoms with Crippen LogP contribution in [0.5, 0.6) is 0 Å². The van der Waals surface area contributed by atoms with E-state index in [1.54, 1.807) is 6.07 Å². The van der Waals surface area contributed by atoms with Gasteiger partial charge in [-0.3, -0.25) is 0 Å². The molecule has 5 heteroatoms. The Morgan fingerprint density at radius 3 is 2.53 bits per heavy atom. The fourth-order valence-electron chi connectivity index (χ4n) is 1.48. The van der Waals surface area contributed by atoms with Gasteiger partial charge in [-0.25, -0.2) is 0 Å². The molecule has 2 nitrogen and oxygen atoms in total. The van der Waals surface area contributed by atoms with Gasteiger partial charge >= 0.3 is 6.18 Å². The third-order valence-electron chi connectivity index (χ3n) is 2.22. The van der Waals surface area contributed by atoms with Crippen molar-refractivity contribution in [2.24, 2.45) is 5.73 Å². The lowest BCUT2D eigenvalue weighted by Gasteiger charge is -2.05. The summed E-state index contributed by atoms with van der Waals surface area (Å²) in [4.78, 5) is 2.93. The van der Waals surface area contributed by atoms with Crippen LogP contribution in [0.1, 0.15) is 11.3 Å². The Labute approximate surface area is 83.9 Å². The molecule has 2 aromatic rings. The molecule has 0 amide bonds. The number of hydrogen-bond acceptors (Lipinski definition) is 1. The lowest BCUT2D eigenvalue weighted by molar-refractivity contribution is -0.137. The Morgan fingerprint density at radius 1 is 1.20 bits per heavy atom. The van der Waals surface area contributed by atoms with Crippen LogP contribution in [0.4, 0.5) is 13.2 Å². The zero-order valence-electron chi connectivity index (χ0n) is 7.73. The molecule has 80 valence electrons. The van der Waals surface area contributed by atoms with Crippen LogP contribution in [0.25, 0.3) is 10.9 Å². The van der Waals surface area contributed by atoms with Crippen molar-refractivity contribution in [1.82, 2.24) is 4.98 Å². The average Bonchev–Trinajstić information content (AvgIpc) is 2.57. The van der Waals surface area contributed by atoms with Crippen molar-refractivity contribution in [2.45, 2.75) is 12.7 Å². The first-order chi connectivity index (χ1) is 7.00. The van der Waals surface area contributed by atoms with Crippen molar-refractivity contribution in [3.8, 4) is 0 Å². The lowest BCUT2D eigenvalue weighted by Crippen LogP contribution is -2.03. The summed E-state index contributed by atoms with van der Waals surface area (Å²) >= 11 is 0. The molecule has 0 aliphatic carbocycles. The minimum Gasteiger partial charge on any atom is -0.357 e. The minimum absolute atomic E-state index is 0.288. The number of aromatic amines is 1. The summed E-state index contributed by atoms with van der Waals surface area (Å²) in [6, 6.07) is 5.21. The van der Waals surface area contributed by atoms with Gasteiger partial charge in [-0.2, -0.15) is 13.2 Å². The number of aromatic nitrogens is 1. The summed E-state index contributed by atoms with van der Waals surface area (Å²) in [5, 5.41) is 0.533. The summed E-state index contributed by atoms with van der Waals surface area (Å²) in [5.41, 5.74) is 6.14. The molecule has 0 saturated carbocycles. The van der Waals surface area contributed by atoms with E-state index in [2.05, 4.69) is 4.98 Å². The smallest absolute Gasteiger partial charge is 0.357 e. The second kappa shape index (κ2) is 3.27. The van der Waals surface area contributed by atoms with Crippen LogP contribution < -0.4 is 5.73 Å². The molecule has 0 spiro atoms. The van der Waals surface area contributed by atoms with Gasteiger partial charge in [0, 0.05) is 23.1 Å². The summed E-state index contributed by atoms with van der Waals surface area (Å²) < 4.78 is 37.1. The molecule has 0 radical (unpaired) electrons. The second-order valence-corrected chi connectivity index (χ2v) is 3.30. The first-order valence-corrected chi connectivity index (χ1v) is 4.39. The van der Waals surface area contributed by atoms with Gasteiger partial charge in [-0.15, -0.1) is 0 Å². The second-order valence-electron chi connectivity index (χ2n) is 3.30. The van der Waals surface area contributed by atoms with Crippen LogP contribution in [0.3, 0.4) is 0 Å². The molecule has 1 aromatic heterocycles. The van der Waals surface area contributed by atoms with E-state index in [1.807, 2.05) is 0 Å². The van der Waals surface area contributed by atoms with Gasteiger partial charge in [-0.1, -0.05) is 0 Å². The standard InChI is InChI=1S/C10H9F3N2/c11-10(12,13)7-1-2-9-6(3-7)4-8(5-14)15-9/h1-4,15H,5,14H2. The fourth-order valence-corrected chi connectivity index (χ4v) is 1.48. The van der Waals surface area contributed by atoms with Crippen molar-refractivity contribution in [1.29, 1.82) is 0 Å². The van der Waals surface area contributed by atoms with Crippen LogP contribution in [0, 0.1) is 0 Å². The quantitative estimate of drug-likeness (QED) is 0.752. The highest BCUT2D eigenvalue weighted by Crippen LogP contribution is 2.31. The molecule has 1 aromatic carbocycles. The van der Waals surface area contributed by atoms with Gasteiger partial charge < -0.3 is 10.7 Å². The van der Waals surface area contributed by atoms with Crippen LogP contribution in [0.2, 0.25) is 0 Å². The number of fused-ring (bicyclic) bond motifs is 1. The van der Waals surface area contributed by atoms with E-state index in [1.165, 1.54) is 6.07 Å². The molecule has 0 bridgehead atoms. The number of nitrogens with two attached hydrogens (primary N) is 1. The molecule has 0 saturated heterocycles. The maximum atomic E-state index is 12.4. The van der Waals surface area contributed by atoms with E-state index < -0.39 is 11.7 Å². The van der Waals surface area contributed by atoms with Crippen molar-refractivity contribution in [2.75, 3.05) is 0 Å². The van der Waals surface area contributed by atoms with Crippen molar-refractivity contribution >= 4 is 10.9 Å². The first kappa shape index (κ1) is 10.0. The third-order valence-corrected chi connectivity index (χ3v) is 2.22. The largest absolute Gasteiger partial charge is 0.416 e. The minimum atomic E-state index is -4.30. The predicted molar refractivity (Wildman–Crippen MR) is 51.2 cm³/mol. The topological polar surface area (TPSA) is 41.8 Å². The highest BCUT2D eigenvalue weighted by atomic mass is 19.4. The molecule has 2 rings (SSSR count). The Hall–Kier alpha value is -1.49. The van der Waals surface area contributed by atoms with E-state index in [9.17, 15) is 13.2 Å². The maximum absolute atomic E-state index is 12.4. The zero-order valence-corrected chi connectivity index (χ0v) is 7.73. The van der Waals surface area contributed by atoms with Gasteiger partial charge in [0.25, 0.3) is 0 Å². The number of nitrogens with one attached hydrogen (secondary N) is 1. The fraction of sp³-hybridized carbons (Fsp3) is 0.200. The van der Waals surface area contributed by atoms with E-state index in [0.717, 1.165) is 17.8 Å². The normalized spacial score (nSPS) is 12.3. The van der Waals surface area contributed by atoms with Gasteiger partial charge in [0.15, 0.2) is 0 Å². The maximum Gasteiger partial charge on any atom is 0.416 e. The van der Waals surface area contributed by atoms with Gasteiger partial charge in [0.1, 0.15) is 0 Å². The number of benzene rings is 1. The van der Waals surface area contributed by atoms with Crippen molar-refractivity contribution in [3.05, 3.63) is 35.5 Å². The van der Waals surface area contributed by atoms with Crippen LogP contribution >= 0.6 is 0 Å². The van der Waals surface area contributed by atoms with Gasteiger partial charge in [-0.05, 0) is 24.3 Å². The van der Waals surface area contributed by atoms with Gasteiger partial charge in [0.2, 0.25) is 0 Å². The van der Waals surface area contributed by atoms with Crippen LogP contribution in [0.15, 0.2) is 24.3 Å². The monoisotopic (exact) mass is 214 g/mol. The Balaban J connectivity index is 2.55. The predicted octanol–water partition coefficient (Wildman–Crippen LogP) is 2.65. The summed E-state index contributed by atoms with van der Waals surface area (Å²) in [6.45, 7) is 0.288. The Bertz CT molecular complexity index is 485. The first-order valence-electron chi connectivity index (χ1n) is 4.39. The molecule has 1 heterocycles. The zero-order chi connectivity index (χ0) is 11.1. The van der Waals surface area contributed by atoms with Crippen LogP contribution in [-0.2, 0) is 12.7 Å². The molecule has 0 unspecified atom stereocenters. The van der Waals surface area contributed by atoms with Crippen LogP contribution in [-0.4, -0.2) is 4.98 Å². The van der Waals surface area contributed by atoms with E-state index in [-0.39, 0.29) is 6.54 Å². The summed E-state index contributed by atoms with van der Waals surface area (Å²) in [6.07, 6.45) is -4.30. The molecule has 0 atom stereocenters. The number of halogens is 3. The van der Waals surface area contributed by atoms with E-state index in [0.29, 0.717) is 10.9 Å². The molecule has 0 aliphatic rings. The molecule has 0 aliphatic heterocycles. The summed E-state index contributed by atoms with van der Waals surface area (Å²) in [5.74, 6) is 0. The third kappa shape index (κ3) is 1.83. The molecule has 15 heavy (non-hydrogen) atoms. The van der Waals surface area contributed by atoms with Crippen molar-refractivity contribution < 1.29 is 13.2 Å². The molecule has 3 N–H and O–H groups in total. The number of alkyl halides is 3. The van der Waals surface area contributed by atoms with E-state index in [4.69, 9.17) is 5.73 Å². The highest BCUT2D eigenvalue weighted by Gasteiger charge is 2.30. The van der Waals surface area contributed by atoms with Crippen molar-refractivity contribution in [3.63, 3.8) is 0 Å².